The number of fused-ring (bicyclic) bond motifs is 1. The van der Waals surface area contributed by atoms with E-state index in [1.807, 2.05) is 0 Å². The number of imidazole rings is 1. The Balaban J connectivity index is 2.29. The zero-order valence-corrected chi connectivity index (χ0v) is 12.7. The molecule has 0 unspecified atom stereocenters. The number of carbonyl (C=O) groups is 1. The third kappa shape index (κ3) is 2.58. The summed E-state index contributed by atoms with van der Waals surface area (Å²) in [5, 5.41) is 29.2. The maximum absolute atomic E-state index is 12.7. The van der Waals surface area contributed by atoms with Gasteiger partial charge in [-0.15, -0.1) is 0 Å². The fourth-order valence-corrected chi connectivity index (χ4v) is 2.82. The number of primary amides is 1. The van der Waals surface area contributed by atoms with Crippen molar-refractivity contribution < 1.29 is 24.9 Å². The number of nitrogen functional groups attached to an aromatic ring is 1. The summed E-state index contributed by atoms with van der Waals surface area (Å²) in [4.78, 5) is 42.1. The third-order valence-corrected chi connectivity index (χ3v) is 3.92. The standard InChI is InChI=1S/C12H16N6O7/c13-4(20)1-17-5-8(15-11(14)16-9(5)23)18(12(17)24)10-7(22)6(21)3(2-19)25-10/h3,6-7,10,19,21-22H,1-2H2,(H2,13,20)(H3,14,15,16,23)/t3-,6-,7-,10-/m1/s1. The molecule has 0 radical (unpaired) electrons. The van der Waals surface area contributed by atoms with Crippen LogP contribution in [-0.4, -0.2) is 65.2 Å². The second-order valence-corrected chi connectivity index (χ2v) is 5.56. The molecule has 0 bridgehead atoms. The quantitative estimate of drug-likeness (QED) is 0.311. The maximum atomic E-state index is 12.7. The second kappa shape index (κ2) is 5.96. The SMILES string of the molecule is NC(=O)Cn1c(=O)n([C@@H]2O[C@H](CO)[C@@H](O)[C@H]2O)c2nc(N)[nH]c(=O)c21. The van der Waals surface area contributed by atoms with Crippen molar-refractivity contribution in [3.8, 4) is 0 Å². The van der Waals surface area contributed by atoms with Gasteiger partial charge in [-0.25, -0.2) is 9.36 Å². The highest BCUT2D eigenvalue weighted by Gasteiger charge is 2.45. The number of nitrogens with one attached hydrogen (secondary N) is 1. The summed E-state index contributed by atoms with van der Waals surface area (Å²) in [6, 6.07) is 0. The van der Waals surface area contributed by atoms with Gasteiger partial charge in [-0.05, 0) is 0 Å². The first-order valence-corrected chi connectivity index (χ1v) is 7.17. The van der Waals surface area contributed by atoms with Crippen LogP contribution in [0.1, 0.15) is 6.23 Å². The van der Waals surface area contributed by atoms with E-state index in [1.54, 1.807) is 0 Å². The van der Waals surface area contributed by atoms with E-state index < -0.39 is 54.8 Å². The number of hydrogen-bond donors (Lipinski definition) is 6. The van der Waals surface area contributed by atoms with Crippen molar-refractivity contribution in [2.45, 2.75) is 31.1 Å². The van der Waals surface area contributed by atoms with Crippen molar-refractivity contribution in [1.82, 2.24) is 19.1 Å². The lowest BCUT2D eigenvalue weighted by Crippen LogP contribution is -2.37. The van der Waals surface area contributed by atoms with Crippen molar-refractivity contribution >= 4 is 23.0 Å². The van der Waals surface area contributed by atoms with Gasteiger partial charge in [0.05, 0.1) is 6.61 Å². The minimum absolute atomic E-state index is 0.262. The molecule has 1 fully saturated rings. The molecular weight excluding hydrogens is 340 g/mol. The van der Waals surface area contributed by atoms with Gasteiger partial charge in [0.1, 0.15) is 24.9 Å². The Morgan fingerprint density at radius 2 is 2.00 bits per heavy atom. The first-order chi connectivity index (χ1) is 11.8. The number of amides is 1. The van der Waals surface area contributed by atoms with Crippen LogP contribution in [-0.2, 0) is 16.1 Å². The van der Waals surface area contributed by atoms with Gasteiger partial charge in [0.15, 0.2) is 17.4 Å². The minimum Gasteiger partial charge on any atom is -0.394 e. The molecule has 0 aliphatic carbocycles. The van der Waals surface area contributed by atoms with E-state index in [0.717, 1.165) is 9.13 Å². The van der Waals surface area contributed by atoms with E-state index in [2.05, 4.69) is 9.97 Å². The van der Waals surface area contributed by atoms with Crippen LogP contribution in [0.2, 0.25) is 0 Å². The first kappa shape index (κ1) is 17.1. The molecule has 8 N–H and O–H groups in total. The summed E-state index contributed by atoms with van der Waals surface area (Å²) >= 11 is 0. The van der Waals surface area contributed by atoms with Gasteiger partial charge in [-0.2, -0.15) is 4.98 Å². The summed E-state index contributed by atoms with van der Waals surface area (Å²) in [6.45, 7) is -1.23. The molecule has 0 aromatic carbocycles. The molecule has 25 heavy (non-hydrogen) atoms. The summed E-state index contributed by atoms with van der Waals surface area (Å²) in [5.74, 6) is -1.20. The van der Waals surface area contributed by atoms with E-state index in [4.69, 9.17) is 16.2 Å². The van der Waals surface area contributed by atoms with Crippen molar-refractivity contribution in [3.05, 3.63) is 20.8 Å². The Kier molecular flexibility index (Phi) is 4.08. The summed E-state index contributed by atoms with van der Waals surface area (Å²) in [6.07, 6.45) is -5.67. The van der Waals surface area contributed by atoms with E-state index in [-0.39, 0.29) is 17.1 Å². The topological polar surface area (TPSA) is 212 Å². The second-order valence-electron chi connectivity index (χ2n) is 5.56. The molecule has 13 nitrogen and oxygen atoms in total. The molecule has 0 spiro atoms. The molecular formula is C12H16N6O7. The highest BCUT2D eigenvalue weighted by Crippen LogP contribution is 2.30. The zero-order valence-electron chi connectivity index (χ0n) is 12.7. The van der Waals surface area contributed by atoms with Gasteiger partial charge in [0, 0.05) is 0 Å². The average Bonchev–Trinajstić information content (AvgIpc) is 2.95. The minimum atomic E-state index is -1.59. The van der Waals surface area contributed by atoms with Gasteiger partial charge in [0.25, 0.3) is 5.56 Å². The molecule has 0 saturated carbocycles. The Morgan fingerprint density at radius 1 is 1.32 bits per heavy atom. The number of H-pyrrole nitrogens is 1. The lowest BCUT2D eigenvalue weighted by atomic mass is 10.1. The van der Waals surface area contributed by atoms with Gasteiger partial charge in [-0.1, -0.05) is 0 Å². The van der Waals surface area contributed by atoms with Crippen LogP contribution in [0.25, 0.3) is 11.2 Å². The fourth-order valence-electron chi connectivity index (χ4n) is 2.82. The molecule has 1 amide bonds. The predicted molar refractivity (Wildman–Crippen MR) is 81.2 cm³/mol. The molecule has 1 saturated heterocycles. The smallest absolute Gasteiger partial charge is 0.333 e. The molecule has 4 atom stereocenters. The monoisotopic (exact) mass is 356 g/mol. The number of hydrogen-bond acceptors (Lipinski definition) is 9. The number of nitrogens with two attached hydrogens (primary N) is 2. The van der Waals surface area contributed by atoms with Crippen molar-refractivity contribution in [2.24, 2.45) is 5.73 Å². The molecule has 136 valence electrons. The van der Waals surface area contributed by atoms with Crippen LogP contribution < -0.4 is 22.7 Å². The highest BCUT2D eigenvalue weighted by atomic mass is 16.6. The number of nitrogens with zero attached hydrogens (tertiary/aromatic N) is 3. The van der Waals surface area contributed by atoms with E-state index in [0.29, 0.717) is 0 Å². The molecule has 3 heterocycles. The predicted octanol–water partition coefficient (Wildman–Crippen LogP) is -4.43. The van der Waals surface area contributed by atoms with Crippen LogP contribution in [0.3, 0.4) is 0 Å². The van der Waals surface area contributed by atoms with Gasteiger partial charge < -0.3 is 31.5 Å². The number of aromatic amines is 1. The lowest BCUT2D eigenvalue weighted by molar-refractivity contribution is -0.118. The Morgan fingerprint density at radius 3 is 2.56 bits per heavy atom. The maximum Gasteiger partial charge on any atom is 0.333 e. The normalized spacial score (nSPS) is 26.4. The summed E-state index contributed by atoms with van der Waals surface area (Å²) in [5.41, 5.74) is 8.31. The van der Waals surface area contributed by atoms with Gasteiger partial charge in [-0.3, -0.25) is 19.1 Å². The van der Waals surface area contributed by atoms with Crippen molar-refractivity contribution in [2.75, 3.05) is 12.3 Å². The molecule has 2 aromatic rings. The van der Waals surface area contributed by atoms with Gasteiger partial charge in [0.2, 0.25) is 11.9 Å². The largest absolute Gasteiger partial charge is 0.394 e. The molecule has 2 aromatic heterocycles. The zero-order chi connectivity index (χ0) is 18.5. The number of aliphatic hydroxyl groups is 3. The van der Waals surface area contributed by atoms with Crippen LogP contribution in [0, 0.1) is 0 Å². The Bertz CT molecular complexity index is 946. The highest BCUT2D eigenvalue weighted by molar-refractivity contribution is 5.78. The number of rotatable bonds is 4. The molecule has 13 heteroatoms. The number of ether oxygens (including phenoxy) is 1. The lowest BCUT2D eigenvalue weighted by Gasteiger charge is -2.15. The Hall–Kier alpha value is -2.74. The van der Waals surface area contributed by atoms with E-state index in [1.165, 1.54) is 0 Å². The van der Waals surface area contributed by atoms with Crippen LogP contribution in [0.4, 0.5) is 5.95 Å². The number of aromatic nitrogens is 4. The number of anilines is 1. The third-order valence-electron chi connectivity index (χ3n) is 3.92. The van der Waals surface area contributed by atoms with E-state index >= 15 is 0 Å². The van der Waals surface area contributed by atoms with Crippen molar-refractivity contribution in [1.29, 1.82) is 0 Å². The first-order valence-electron chi connectivity index (χ1n) is 7.17. The fraction of sp³-hybridized carbons (Fsp3) is 0.500. The summed E-state index contributed by atoms with van der Waals surface area (Å²) in [7, 11) is 0. The molecule has 1 aliphatic heterocycles. The number of aliphatic hydroxyl groups excluding tert-OH is 3. The number of carbonyl (C=O) groups excluding carboxylic acids is 1. The Labute approximate surface area is 138 Å². The summed E-state index contributed by atoms with van der Waals surface area (Å²) < 4.78 is 6.85. The van der Waals surface area contributed by atoms with Crippen LogP contribution >= 0.6 is 0 Å². The van der Waals surface area contributed by atoms with Gasteiger partial charge >= 0.3 is 5.69 Å². The van der Waals surface area contributed by atoms with Crippen molar-refractivity contribution in [3.63, 3.8) is 0 Å². The van der Waals surface area contributed by atoms with Crippen LogP contribution in [0.15, 0.2) is 9.59 Å². The molecule has 3 rings (SSSR count). The molecule has 1 aliphatic rings. The van der Waals surface area contributed by atoms with Crippen LogP contribution in [0.5, 0.6) is 0 Å². The van der Waals surface area contributed by atoms with E-state index in [9.17, 15) is 29.7 Å². The average molecular weight is 356 g/mol.